The summed E-state index contributed by atoms with van der Waals surface area (Å²) in [6.45, 7) is 3.32. The van der Waals surface area contributed by atoms with Gasteiger partial charge in [-0.1, -0.05) is 75.8 Å². The molecule has 150 valence electrons. The van der Waals surface area contributed by atoms with Crippen molar-refractivity contribution in [2.45, 2.75) is 58.5 Å². The van der Waals surface area contributed by atoms with E-state index >= 15 is 0 Å². The Balaban J connectivity index is 0.000000211. The molecule has 6 heteroatoms. The van der Waals surface area contributed by atoms with Gasteiger partial charge in [0, 0.05) is 18.5 Å². The Bertz CT molecular complexity index is 572. The molecule has 1 atom stereocenters. The maximum atomic E-state index is 10.2. The van der Waals surface area contributed by atoms with Crippen LogP contribution in [0.1, 0.15) is 57.4 Å². The second-order valence-electron chi connectivity index (χ2n) is 6.99. The Hall–Kier alpha value is -2.50. The summed E-state index contributed by atoms with van der Waals surface area (Å²) in [5, 5.41) is 10.0. The fourth-order valence-electron chi connectivity index (χ4n) is 2.89. The van der Waals surface area contributed by atoms with Gasteiger partial charge in [-0.25, -0.2) is 4.79 Å². The average molecular weight is 375 g/mol. The predicted molar refractivity (Wildman–Crippen MR) is 110 cm³/mol. The fourth-order valence-corrected chi connectivity index (χ4v) is 2.89. The molecule has 0 radical (unpaired) electrons. The number of hydrogen-bond donors (Lipinski definition) is 4. The zero-order valence-corrected chi connectivity index (χ0v) is 16.4. The summed E-state index contributed by atoms with van der Waals surface area (Å²) in [5.41, 5.74) is 13.0. The van der Waals surface area contributed by atoms with E-state index < -0.39 is 6.09 Å². The molecule has 0 spiro atoms. The first kappa shape index (κ1) is 22.5. The van der Waals surface area contributed by atoms with Crippen LogP contribution in [0.5, 0.6) is 0 Å². The number of ether oxygens (including phenoxy) is 1. The standard InChI is InChI=1S/C8H9NO2.C7H13N3.C6H12/c9-8(10)11-6-7-4-2-1-3-5-7;1-5-2-6(9)7(3-8)10-4-5;1-2-4-6-5-3-1/h1-5H,6H2,(H2,9,10);3,5,8,10H,2,4,9H2,1H3;1-6H2/t;5-;/m.1./s1. The number of rotatable bonds is 3. The minimum absolute atomic E-state index is 0.246. The summed E-state index contributed by atoms with van der Waals surface area (Å²) >= 11 is 0. The van der Waals surface area contributed by atoms with Crippen molar-refractivity contribution in [1.29, 1.82) is 5.41 Å². The molecule has 6 nitrogen and oxygen atoms in total. The first-order valence-electron chi connectivity index (χ1n) is 9.72. The summed E-state index contributed by atoms with van der Waals surface area (Å²) in [7, 11) is 0. The average Bonchev–Trinajstić information content (AvgIpc) is 2.70. The third kappa shape index (κ3) is 10.9. The molecule has 1 amide bonds. The molecule has 3 rings (SSSR count). The van der Waals surface area contributed by atoms with E-state index in [1.54, 1.807) is 0 Å². The fraction of sp³-hybridized carbons (Fsp3) is 0.524. The quantitative estimate of drug-likeness (QED) is 0.597. The predicted octanol–water partition coefficient (Wildman–Crippen LogP) is 4.06. The van der Waals surface area contributed by atoms with Crippen molar-refractivity contribution in [3.8, 4) is 0 Å². The second kappa shape index (κ2) is 13.7. The van der Waals surface area contributed by atoms with Gasteiger partial charge in [-0.15, -0.1) is 0 Å². The van der Waals surface area contributed by atoms with Gasteiger partial charge in [0.15, 0.2) is 0 Å². The minimum atomic E-state index is -0.742. The van der Waals surface area contributed by atoms with Gasteiger partial charge in [0.2, 0.25) is 0 Å². The Kier molecular flexibility index (Phi) is 11.4. The van der Waals surface area contributed by atoms with Gasteiger partial charge in [-0.2, -0.15) is 0 Å². The lowest BCUT2D eigenvalue weighted by Gasteiger charge is -2.21. The van der Waals surface area contributed by atoms with Crippen molar-refractivity contribution in [2.75, 3.05) is 6.54 Å². The molecule has 0 aromatic heterocycles. The largest absolute Gasteiger partial charge is 0.445 e. The van der Waals surface area contributed by atoms with E-state index in [-0.39, 0.29) is 6.61 Å². The van der Waals surface area contributed by atoms with Crippen molar-refractivity contribution in [3.05, 3.63) is 47.3 Å². The van der Waals surface area contributed by atoms with E-state index in [2.05, 4.69) is 17.0 Å². The van der Waals surface area contributed by atoms with Crippen molar-refractivity contribution >= 4 is 12.3 Å². The number of nitrogens with one attached hydrogen (secondary N) is 2. The van der Waals surface area contributed by atoms with Crippen LogP contribution in [-0.4, -0.2) is 18.9 Å². The maximum Gasteiger partial charge on any atom is 0.404 e. The van der Waals surface area contributed by atoms with Gasteiger partial charge < -0.3 is 26.9 Å². The highest BCUT2D eigenvalue weighted by atomic mass is 16.5. The van der Waals surface area contributed by atoms with E-state index in [0.717, 1.165) is 29.9 Å². The summed E-state index contributed by atoms with van der Waals surface area (Å²) in [6.07, 6.45) is 10.5. The molecular weight excluding hydrogens is 340 g/mol. The summed E-state index contributed by atoms with van der Waals surface area (Å²) < 4.78 is 4.57. The lowest BCUT2D eigenvalue weighted by atomic mass is 10.0. The van der Waals surface area contributed by atoms with Crippen molar-refractivity contribution in [2.24, 2.45) is 17.4 Å². The molecule has 0 unspecified atom stereocenters. The highest BCUT2D eigenvalue weighted by molar-refractivity contribution is 5.76. The van der Waals surface area contributed by atoms with E-state index in [0.29, 0.717) is 5.92 Å². The van der Waals surface area contributed by atoms with Crippen LogP contribution in [-0.2, 0) is 11.3 Å². The van der Waals surface area contributed by atoms with Crippen molar-refractivity contribution in [3.63, 3.8) is 0 Å². The molecule has 1 aliphatic heterocycles. The van der Waals surface area contributed by atoms with Gasteiger partial charge in [0.05, 0.1) is 5.70 Å². The molecule has 1 aliphatic carbocycles. The number of primary amides is 1. The molecule has 2 aliphatic rings. The van der Waals surface area contributed by atoms with Gasteiger partial charge in [0.1, 0.15) is 6.61 Å². The zero-order chi connectivity index (χ0) is 19.9. The molecule has 1 fully saturated rings. The summed E-state index contributed by atoms with van der Waals surface area (Å²) in [6, 6.07) is 9.37. The molecule has 27 heavy (non-hydrogen) atoms. The SMILES string of the molecule is C1CCCCC1.C[C@H]1CNC(C=N)=C(N)C1.NC(=O)OCc1ccccc1. The van der Waals surface area contributed by atoms with Crippen molar-refractivity contribution < 1.29 is 9.53 Å². The first-order valence-corrected chi connectivity index (χ1v) is 9.72. The number of hydrogen-bond acceptors (Lipinski definition) is 5. The van der Waals surface area contributed by atoms with Crippen LogP contribution in [0.2, 0.25) is 0 Å². The number of allylic oxidation sites excluding steroid dienone is 2. The molecule has 1 aromatic rings. The third-order valence-electron chi connectivity index (χ3n) is 4.42. The number of amides is 1. The highest BCUT2D eigenvalue weighted by Crippen LogP contribution is 2.15. The van der Waals surface area contributed by atoms with Gasteiger partial charge in [-0.3, -0.25) is 0 Å². The van der Waals surface area contributed by atoms with E-state index in [1.165, 1.54) is 44.7 Å². The van der Waals surface area contributed by atoms with Crippen LogP contribution in [0.15, 0.2) is 41.7 Å². The minimum Gasteiger partial charge on any atom is -0.445 e. The van der Waals surface area contributed by atoms with Crippen LogP contribution in [0.25, 0.3) is 0 Å². The third-order valence-corrected chi connectivity index (χ3v) is 4.42. The number of nitrogens with two attached hydrogens (primary N) is 2. The van der Waals surface area contributed by atoms with Gasteiger partial charge in [0.25, 0.3) is 0 Å². The van der Waals surface area contributed by atoms with Gasteiger partial charge in [-0.05, 0) is 17.9 Å². The monoisotopic (exact) mass is 374 g/mol. The smallest absolute Gasteiger partial charge is 0.404 e. The number of carbonyl (C=O) groups excluding carboxylic acids is 1. The zero-order valence-electron chi connectivity index (χ0n) is 16.4. The molecule has 1 saturated carbocycles. The van der Waals surface area contributed by atoms with E-state index in [1.807, 2.05) is 30.3 Å². The lowest BCUT2D eigenvalue weighted by Crippen LogP contribution is -2.30. The number of carbonyl (C=O) groups is 1. The molecule has 1 heterocycles. The Labute approximate surface area is 162 Å². The summed E-state index contributed by atoms with van der Waals surface area (Å²) in [5.74, 6) is 0.601. The van der Waals surface area contributed by atoms with Crippen molar-refractivity contribution in [1.82, 2.24) is 5.32 Å². The Morgan fingerprint density at radius 3 is 2.19 bits per heavy atom. The van der Waals surface area contributed by atoms with Crippen LogP contribution < -0.4 is 16.8 Å². The topological polar surface area (TPSA) is 114 Å². The van der Waals surface area contributed by atoms with Gasteiger partial charge >= 0.3 is 6.09 Å². The number of benzene rings is 1. The van der Waals surface area contributed by atoms with Crippen LogP contribution in [0, 0.1) is 11.3 Å². The van der Waals surface area contributed by atoms with Crippen LogP contribution in [0.4, 0.5) is 4.79 Å². The lowest BCUT2D eigenvalue weighted by molar-refractivity contribution is 0.150. The Morgan fingerprint density at radius 2 is 1.74 bits per heavy atom. The summed E-state index contributed by atoms with van der Waals surface area (Å²) in [4.78, 5) is 10.2. The van der Waals surface area contributed by atoms with E-state index in [9.17, 15) is 4.79 Å². The molecule has 0 bridgehead atoms. The second-order valence-corrected chi connectivity index (χ2v) is 6.99. The van der Waals surface area contributed by atoms with Crippen LogP contribution in [0.3, 0.4) is 0 Å². The maximum absolute atomic E-state index is 10.2. The molecule has 6 N–H and O–H groups in total. The normalized spacial score (nSPS) is 18.6. The first-order chi connectivity index (χ1) is 13.0. The highest BCUT2D eigenvalue weighted by Gasteiger charge is 2.12. The molecule has 0 saturated heterocycles. The Morgan fingerprint density at radius 1 is 1.19 bits per heavy atom. The van der Waals surface area contributed by atoms with Crippen LogP contribution >= 0.6 is 0 Å². The van der Waals surface area contributed by atoms with E-state index in [4.69, 9.17) is 16.9 Å². The molecule has 1 aromatic carbocycles. The molecular formula is C21H34N4O2.